The molecule has 0 spiro atoms. The van der Waals surface area contributed by atoms with Crippen LogP contribution < -0.4 is 5.73 Å². The number of nitrogens with one attached hydrogen (secondary N) is 1. The second-order valence-corrected chi connectivity index (χ2v) is 4.09. The summed E-state index contributed by atoms with van der Waals surface area (Å²) in [4.78, 5) is 11.0. The molecule has 0 aliphatic heterocycles. The van der Waals surface area contributed by atoms with E-state index < -0.39 is 5.97 Å². The molecule has 0 amide bonds. The average molecular weight is 282 g/mol. The van der Waals surface area contributed by atoms with Crippen LogP contribution >= 0.6 is 15.9 Å². The molecule has 0 fully saturated rings. The first-order valence-corrected chi connectivity index (χ1v) is 5.22. The number of carboxylic acid groups (broad SMARTS) is 1. The summed E-state index contributed by atoms with van der Waals surface area (Å²) in [6.07, 6.45) is 0. The van der Waals surface area contributed by atoms with Crippen LogP contribution in [0.2, 0.25) is 0 Å². The maximum Gasteiger partial charge on any atom is 0.341 e. The fourth-order valence-electron chi connectivity index (χ4n) is 1.40. The highest BCUT2D eigenvalue weighted by Gasteiger charge is 2.18. The van der Waals surface area contributed by atoms with Crippen molar-refractivity contribution in [3.63, 3.8) is 0 Å². The van der Waals surface area contributed by atoms with Crippen molar-refractivity contribution in [2.24, 2.45) is 0 Å². The molecule has 5 nitrogen and oxygen atoms in total. The predicted molar refractivity (Wildman–Crippen MR) is 63.1 cm³/mol. The number of halogens is 1. The molecule has 1 heterocycles. The van der Waals surface area contributed by atoms with Crippen molar-refractivity contribution < 1.29 is 9.90 Å². The molecule has 2 aromatic rings. The van der Waals surface area contributed by atoms with Gasteiger partial charge >= 0.3 is 5.97 Å². The Labute approximate surface area is 99.4 Å². The van der Waals surface area contributed by atoms with E-state index in [0.717, 1.165) is 10.0 Å². The molecule has 2 rings (SSSR count). The number of nitrogens with two attached hydrogens (primary N) is 1. The van der Waals surface area contributed by atoms with Crippen LogP contribution in [0, 0.1) is 0 Å². The SMILES string of the molecule is Nc1n[nH]c(-c2ccc(Br)cc2)c1C(=O)O. The number of carbonyl (C=O) groups is 1. The Hall–Kier alpha value is -1.82. The van der Waals surface area contributed by atoms with E-state index in [1.807, 2.05) is 12.1 Å². The summed E-state index contributed by atoms with van der Waals surface area (Å²) in [6.45, 7) is 0. The molecule has 0 bridgehead atoms. The van der Waals surface area contributed by atoms with E-state index in [4.69, 9.17) is 10.8 Å². The number of nitrogens with zero attached hydrogens (tertiary/aromatic N) is 1. The van der Waals surface area contributed by atoms with Gasteiger partial charge in [0.15, 0.2) is 5.82 Å². The van der Waals surface area contributed by atoms with E-state index in [1.54, 1.807) is 12.1 Å². The number of carboxylic acids is 1. The van der Waals surface area contributed by atoms with Crippen LogP contribution in [0.1, 0.15) is 10.4 Å². The van der Waals surface area contributed by atoms with Crippen LogP contribution in [-0.4, -0.2) is 21.3 Å². The molecule has 0 saturated carbocycles. The lowest BCUT2D eigenvalue weighted by Gasteiger charge is -2.00. The number of aromatic carboxylic acids is 1. The summed E-state index contributed by atoms with van der Waals surface area (Å²) in [5.41, 5.74) is 6.62. The molecule has 0 unspecified atom stereocenters. The number of H-pyrrole nitrogens is 1. The summed E-state index contributed by atoms with van der Waals surface area (Å²) < 4.78 is 0.917. The lowest BCUT2D eigenvalue weighted by molar-refractivity contribution is 0.0699. The van der Waals surface area contributed by atoms with Gasteiger partial charge in [0.1, 0.15) is 5.56 Å². The Morgan fingerprint density at radius 1 is 1.38 bits per heavy atom. The quantitative estimate of drug-likeness (QED) is 0.786. The number of nitrogen functional groups attached to an aromatic ring is 1. The fraction of sp³-hybridized carbons (Fsp3) is 0. The number of benzene rings is 1. The van der Waals surface area contributed by atoms with E-state index in [-0.39, 0.29) is 11.4 Å². The molecule has 6 heteroatoms. The minimum absolute atomic E-state index is 0.00215. The number of rotatable bonds is 2. The number of aromatic nitrogens is 2. The molecule has 0 atom stereocenters. The molecule has 4 N–H and O–H groups in total. The second-order valence-electron chi connectivity index (χ2n) is 3.17. The fourth-order valence-corrected chi connectivity index (χ4v) is 1.66. The van der Waals surface area contributed by atoms with Gasteiger partial charge in [-0.25, -0.2) is 4.79 Å². The van der Waals surface area contributed by atoms with Crippen LogP contribution in [0.25, 0.3) is 11.3 Å². The molecule has 1 aromatic carbocycles. The second kappa shape index (κ2) is 3.97. The van der Waals surface area contributed by atoms with Crippen molar-refractivity contribution in [3.8, 4) is 11.3 Å². The predicted octanol–water partition coefficient (Wildman–Crippen LogP) is 2.12. The molecule has 1 aromatic heterocycles. The van der Waals surface area contributed by atoms with Gasteiger partial charge in [0.2, 0.25) is 0 Å². The number of hydrogen-bond acceptors (Lipinski definition) is 3. The lowest BCUT2D eigenvalue weighted by Crippen LogP contribution is -2.01. The van der Waals surface area contributed by atoms with Gasteiger partial charge in [-0.1, -0.05) is 28.1 Å². The first kappa shape index (κ1) is 10.7. The van der Waals surface area contributed by atoms with Crippen molar-refractivity contribution in [3.05, 3.63) is 34.3 Å². The van der Waals surface area contributed by atoms with E-state index >= 15 is 0 Å². The highest BCUT2D eigenvalue weighted by Crippen LogP contribution is 2.26. The van der Waals surface area contributed by atoms with Crippen molar-refractivity contribution in [1.29, 1.82) is 0 Å². The summed E-state index contributed by atoms with van der Waals surface area (Å²) in [5, 5.41) is 15.3. The average Bonchev–Trinajstić information content (AvgIpc) is 2.61. The molecule has 0 saturated heterocycles. The van der Waals surface area contributed by atoms with Gasteiger partial charge < -0.3 is 10.8 Å². The Bertz CT molecular complexity index is 533. The Balaban J connectivity index is 2.56. The topological polar surface area (TPSA) is 92.0 Å². The summed E-state index contributed by atoms with van der Waals surface area (Å²) >= 11 is 3.30. The van der Waals surface area contributed by atoms with Gasteiger partial charge in [0.05, 0.1) is 5.69 Å². The molecular weight excluding hydrogens is 274 g/mol. The summed E-state index contributed by atoms with van der Waals surface area (Å²) in [7, 11) is 0. The van der Waals surface area contributed by atoms with Crippen molar-refractivity contribution in [2.75, 3.05) is 5.73 Å². The first-order valence-electron chi connectivity index (χ1n) is 4.42. The normalized spacial score (nSPS) is 10.3. The highest BCUT2D eigenvalue weighted by atomic mass is 79.9. The monoisotopic (exact) mass is 281 g/mol. The summed E-state index contributed by atoms with van der Waals surface area (Å²) in [5.74, 6) is -1.10. The number of anilines is 1. The Kier molecular flexibility index (Phi) is 2.66. The van der Waals surface area contributed by atoms with E-state index in [2.05, 4.69) is 26.1 Å². The molecular formula is C10H8BrN3O2. The van der Waals surface area contributed by atoms with E-state index in [9.17, 15) is 4.79 Å². The Morgan fingerprint density at radius 2 is 2.00 bits per heavy atom. The van der Waals surface area contributed by atoms with Crippen LogP contribution in [0.15, 0.2) is 28.7 Å². The number of aromatic amines is 1. The summed E-state index contributed by atoms with van der Waals surface area (Å²) in [6, 6.07) is 7.20. The maximum atomic E-state index is 11.0. The maximum absolute atomic E-state index is 11.0. The van der Waals surface area contributed by atoms with Crippen LogP contribution in [0.4, 0.5) is 5.82 Å². The van der Waals surface area contributed by atoms with Crippen molar-refractivity contribution >= 4 is 27.7 Å². The number of hydrogen-bond donors (Lipinski definition) is 3. The zero-order valence-electron chi connectivity index (χ0n) is 8.07. The largest absolute Gasteiger partial charge is 0.477 e. The zero-order valence-corrected chi connectivity index (χ0v) is 9.65. The van der Waals surface area contributed by atoms with Gasteiger partial charge in [-0.3, -0.25) is 5.10 Å². The van der Waals surface area contributed by atoms with Crippen LogP contribution in [-0.2, 0) is 0 Å². The molecule has 0 aliphatic rings. The van der Waals surface area contributed by atoms with Crippen LogP contribution in [0.3, 0.4) is 0 Å². The first-order chi connectivity index (χ1) is 7.59. The van der Waals surface area contributed by atoms with Gasteiger partial charge in [0, 0.05) is 10.0 Å². The minimum atomic E-state index is -1.09. The van der Waals surface area contributed by atoms with Crippen LogP contribution in [0.5, 0.6) is 0 Å². The van der Waals surface area contributed by atoms with Crippen molar-refractivity contribution in [1.82, 2.24) is 10.2 Å². The third kappa shape index (κ3) is 1.79. The zero-order chi connectivity index (χ0) is 11.7. The van der Waals surface area contributed by atoms with Crippen molar-refractivity contribution in [2.45, 2.75) is 0 Å². The van der Waals surface area contributed by atoms with E-state index in [1.165, 1.54) is 0 Å². The molecule has 0 radical (unpaired) electrons. The third-order valence-corrected chi connectivity index (χ3v) is 2.67. The van der Waals surface area contributed by atoms with Gasteiger partial charge in [-0.2, -0.15) is 5.10 Å². The van der Waals surface area contributed by atoms with Gasteiger partial charge in [0.25, 0.3) is 0 Å². The molecule has 0 aliphatic carbocycles. The Morgan fingerprint density at radius 3 is 2.56 bits per heavy atom. The van der Waals surface area contributed by atoms with Gasteiger partial charge in [-0.15, -0.1) is 0 Å². The van der Waals surface area contributed by atoms with Gasteiger partial charge in [-0.05, 0) is 12.1 Å². The standard InChI is InChI=1S/C10H8BrN3O2/c11-6-3-1-5(2-4-6)8-7(10(15)16)9(12)14-13-8/h1-4H,(H,15,16)(H3,12,13,14). The molecule has 16 heavy (non-hydrogen) atoms. The minimum Gasteiger partial charge on any atom is -0.477 e. The lowest BCUT2D eigenvalue weighted by atomic mass is 10.1. The van der Waals surface area contributed by atoms with E-state index in [0.29, 0.717) is 5.69 Å². The smallest absolute Gasteiger partial charge is 0.341 e. The molecule has 82 valence electrons. The highest BCUT2D eigenvalue weighted by molar-refractivity contribution is 9.10. The third-order valence-electron chi connectivity index (χ3n) is 2.14.